The number of methoxy groups -OCH3 is 1. The van der Waals surface area contributed by atoms with Crippen molar-refractivity contribution in [3.05, 3.63) is 90.0 Å². The predicted molar refractivity (Wildman–Crippen MR) is 143 cm³/mol. The molecule has 0 saturated heterocycles. The zero-order chi connectivity index (χ0) is 24.3. The van der Waals surface area contributed by atoms with Crippen molar-refractivity contribution in [3.8, 4) is 5.75 Å². The average molecular weight is 456 g/mol. The summed E-state index contributed by atoms with van der Waals surface area (Å²) >= 11 is 0. The molecule has 0 saturated carbocycles. The summed E-state index contributed by atoms with van der Waals surface area (Å²) in [5.74, 6) is 1.65. The van der Waals surface area contributed by atoms with Gasteiger partial charge in [-0.3, -0.25) is 0 Å². The van der Waals surface area contributed by atoms with E-state index in [9.17, 15) is 0 Å². The highest BCUT2D eigenvalue weighted by Gasteiger charge is 2.29. The van der Waals surface area contributed by atoms with Gasteiger partial charge in [0.2, 0.25) is 6.29 Å². The highest BCUT2D eigenvalue weighted by Crippen LogP contribution is 2.39. The molecular formula is C31H37NO2. The van der Waals surface area contributed by atoms with Crippen LogP contribution in [-0.2, 0) is 11.2 Å². The number of rotatable bonds is 9. The Morgan fingerprint density at radius 2 is 1.50 bits per heavy atom. The van der Waals surface area contributed by atoms with Crippen molar-refractivity contribution < 1.29 is 9.47 Å². The van der Waals surface area contributed by atoms with Gasteiger partial charge >= 0.3 is 0 Å². The number of benzene rings is 4. The van der Waals surface area contributed by atoms with Crippen LogP contribution < -0.4 is 10.5 Å². The van der Waals surface area contributed by atoms with Crippen molar-refractivity contribution in [2.45, 2.75) is 58.3 Å². The van der Waals surface area contributed by atoms with Crippen LogP contribution in [0, 0.1) is 5.92 Å². The Morgan fingerprint density at radius 1 is 0.824 bits per heavy atom. The molecule has 4 rings (SSSR count). The monoisotopic (exact) mass is 455 g/mol. The van der Waals surface area contributed by atoms with Crippen molar-refractivity contribution in [3.63, 3.8) is 0 Å². The number of hydrogen-bond acceptors (Lipinski definition) is 3. The Morgan fingerprint density at radius 3 is 2.18 bits per heavy atom. The van der Waals surface area contributed by atoms with E-state index in [1.807, 2.05) is 0 Å². The lowest BCUT2D eigenvalue weighted by molar-refractivity contribution is -0.0510. The lowest BCUT2D eigenvalue weighted by Gasteiger charge is -2.33. The van der Waals surface area contributed by atoms with E-state index in [1.54, 1.807) is 7.11 Å². The summed E-state index contributed by atoms with van der Waals surface area (Å²) in [7, 11) is 1.71. The van der Waals surface area contributed by atoms with E-state index in [4.69, 9.17) is 15.2 Å². The van der Waals surface area contributed by atoms with E-state index in [1.165, 1.54) is 27.3 Å². The van der Waals surface area contributed by atoms with Crippen molar-refractivity contribution in [2.24, 2.45) is 11.7 Å². The SMILES string of the molecule is COC(Cc1ccc2ccccc2c1)Oc1ccc(C(CC(C)C)C(C)(C)N)c2ccccc12. The highest BCUT2D eigenvalue weighted by atomic mass is 16.7. The number of fused-ring (bicyclic) bond motifs is 2. The topological polar surface area (TPSA) is 44.5 Å². The second-order valence-electron chi connectivity index (χ2n) is 10.4. The summed E-state index contributed by atoms with van der Waals surface area (Å²) in [5.41, 5.74) is 8.82. The zero-order valence-electron chi connectivity index (χ0n) is 21.0. The van der Waals surface area contributed by atoms with Crippen molar-refractivity contribution in [1.82, 2.24) is 0 Å². The molecule has 0 amide bonds. The maximum atomic E-state index is 6.67. The first-order valence-electron chi connectivity index (χ1n) is 12.2. The van der Waals surface area contributed by atoms with Crippen LogP contribution in [0.1, 0.15) is 51.2 Å². The van der Waals surface area contributed by atoms with E-state index in [-0.39, 0.29) is 17.7 Å². The van der Waals surface area contributed by atoms with Gasteiger partial charge in [-0.1, -0.05) is 86.6 Å². The normalized spacial score (nSPS) is 14.0. The first-order chi connectivity index (χ1) is 16.3. The Kier molecular flexibility index (Phi) is 7.25. The smallest absolute Gasteiger partial charge is 0.203 e. The highest BCUT2D eigenvalue weighted by molar-refractivity contribution is 5.91. The van der Waals surface area contributed by atoms with Crippen molar-refractivity contribution in [1.29, 1.82) is 0 Å². The Hall–Kier alpha value is -2.88. The molecule has 2 atom stereocenters. The number of hydrogen-bond donors (Lipinski definition) is 1. The first kappa shape index (κ1) is 24.3. The van der Waals surface area contributed by atoms with Gasteiger partial charge in [-0.2, -0.15) is 0 Å². The third-order valence-electron chi connectivity index (χ3n) is 6.64. The molecule has 0 aromatic heterocycles. The van der Waals surface area contributed by atoms with E-state index in [0.717, 1.165) is 17.6 Å². The molecular weight excluding hydrogens is 418 g/mol. The van der Waals surface area contributed by atoms with E-state index in [0.29, 0.717) is 12.3 Å². The van der Waals surface area contributed by atoms with Crippen LogP contribution in [0.5, 0.6) is 5.75 Å². The van der Waals surface area contributed by atoms with Gasteiger partial charge in [0.25, 0.3) is 0 Å². The summed E-state index contributed by atoms with van der Waals surface area (Å²) in [6.07, 6.45) is 1.33. The minimum atomic E-state index is -0.382. The summed E-state index contributed by atoms with van der Waals surface area (Å²) in [5, 5.41) is 4.76. The number of ether oxygens (including phenoxy) is 2. The third-order valence-corrected chi connectivity index (χ3v) is 6.64. The Labute approximate surface area is 203 Å². The van der Waals surface area contributed by atoms with Gasteiger partial charge in [-0.25, -0.2) is 0 Å². The summed E-state index contributed by atoms with van der Waals surface area (Å²) < 4.78 is 12.2. The minimum Gasteiger partial charge on any atom is -0.464 e. The second kappa shape index (κ2) is 10.2. The van der Waals surface area contributed by atoms with Gasteiger partial charge in [-0.05, 0) is 59.5 Å². The molecule has 0 heterocycles. The number of nitrogens with two attached hydrogens (primary N) is 1. The molecule has 0 aliphatic rings. The molecule has 34 heavy (non-hydrogen) atoms. The molecule has 0 bridgehead atoms. The molecule has 0 aliphatic heterocycles. The maximum absolute atomic E-state index is 6.67. The van der Waals surface area contributed by atoms with E-state index >= 15 is 0 Å². The van der Waals surface area contributed by atoms with Crippen LogP contribution in [0.4, 0.5) is 0 Å². The van der Waals surface area contributed by atoms with Crippen LogP contribution in [0.25, 0.3) is 21.5 Å². The molecule has 0 aliphatic carbocycles. The predicted octanol–water partition coefficient (Wildman–Crippen LogP) is 7.45. The molecule has 0 radical (unpaired) electrons. The van der Waals surface area contributed by atoms with Gasteiger partial charge in [-0.15, -0.1) is 0 Å². The van der Waals surface area contributed by atoms with Crippen LogP contribution >= 0.6 is 0 Å². The molecule has 3 heteroatoms. The van der Waals surface area contributed by atoms with Crippen molar-refractivity contribution >= 4 is 21.5 Å². The van der Waals surface area contributed by atoms with Crippen LogP contribution in [0.15, 0.2) is 78.9 Å². The lowest BCUT2D eigenvalue weighted by Crippen LogP contribution is -2.40. The fourth-order valence-electron chi connectivity index (χ4n) is 4.88. The Balaban J connectivity index is 1.65. The van der Waals surface area contributed by atoms with E-state index in [2.05, 4.69) is 107 Å². The molecule has 2 unspecified atom stereocenters. The molecule has 2 N–H and O–H groups in total. The molecule has 0 spiro atoms. The third kappa shape index (κ3) is 5.43. The zero-order valence-corrected chi connectivity index (χ0v) is 21.0. The van der Waals surface area contributed by atoms with Gasteiger partial charge in [0, 0.05) is 30.4 Å². The van der Waals surface area contributed by atoms with Gasteiger partial charge in [0.15, 0.2) is 0 Å². The van der Waals surface area contributed by atoms with Crippen LogP contribution in [-0.4, -0.2) is 18.9 Å². The maximum Gasteiger partial charge on any atom is 0.203 e. The minimum absolute atomic E-state index is 0.252. The molecule has 3 nitrogen and oxygen atoms in total. The largest absolute Gasteiger partial charge is 0.464 e. The standard InChI is InChI=1S/C31H37NO2/c1-21(2)18-28(31(3,4)32)26-16-17-29(27-13-9-8-12-25(26)27)34-30(33-5)20-22-14-15-23-10-6-7-11-24(23)19-22/h6-17,19,21,28,30H,18,20,32H2,1-5H3. The summed E-state index contributed by atoms with van der Waals surface area (Å²) in [6.45, 7) is 8.77. The van der Waals surface area contributed by atoms with Crippen LogP contribution in [0.2, 0.25) is 0 Å². The summed E-state index contributed by atoms with van der Waals surface area (Å²) in [6, 6.07) is 27.7. The van der Waals surface area contributed by atoms with Crippen LogP contribution in [0.3, 0.4) is 0 Å². The van der Waals surface area contributed by atoms with E-state index < -0.39 is 0 Å². The fourth-order valence-corrected chi connectivity index (χ4v) is 4.88. The molecule has 178 valence electrons. The quantitative estimate of drug-likeness (QED) is 0.266. The molecule has 0 fully saturated rings. The molecule has 4 aromatic carbocycles. The second-order valence-corrected chi connectivity index (χ2v) is 10.4. The average Bonchev–Trinajstić information content (AvgIpc) is 2.81. The van der Waals surface area contributed by atoms with Gasteiger partial charge in [0.1, 0.15) is 5.75 Å². The lowest BCUT2D eigenvalue weighted by atomic mass is 9.76. The van der Waals surface area contributed by atoms with Gasteiger partial charge in [0.05, 0.1) is 0 Å². The fraction of sp³-hybridized carbons (Fsp3) is 0.355. The molecule has 4 aromatic rings. The summed E-state index contributed by atoms with van der Waals surface area (Å²) in [4.78, 5) is 0. The Bertz CT molecular complexity index is 1260. The first-order valence-corrected chi connectivity index (χ1v) is 12.2. The van der Waals surface area contributed by atoms with Crippen molar-refractivity contribution in [2.75, 3.05) is 7.11 Å². The van der Waals surface area contributed by atoms with Gasteiger partial charge < -0.3 is 15.2 Å².